The average Bonchev–Trinajstić information content (AvgIpc) is 3.36. The summed E-state index contributed by atoms with van der Waals surface area (Å²) in [5.41, 5.74) is 2.25. The molecule has 11 heteroatoms. The summed E-state index contributed by atoms with van der Waals surface area (Å²) >= 11 is 2.29. The first kappa shape index (κ1) is 25.4. The topological polar surface area (TPSA) is 103 Å². The Morgan fingerprint density at radius 2 is 1.77 bits per heavy atom. The van der Waals surface area contributed by atoms with E-state index in [1.54, 1.807) is 20.7 Å². The summed E-state index contributed by atoms with van der Waals surface area (Å²) in [5, 5.41) is 9.43. The molecule has 2 aliphatic rings. The summed E-state index contributed by atoms with van der Waals surface area (Å²) in [6.07, 6.45) is 1.73. The number of hydrogen-bond donors (Lipinski definition) is 2. The molecular weight excluding hydrogens is 561 g/mol. The van der Waals surface area contributed by atoms with Crippen LogP contribution >= 0.6 is 22.6 Å². The van der Waals surface area contributed by atoms with E-state index in [4.69, 9.17) is 0 Å². The minimum Gasteiger partial charge on any atom is -0.338 e. The van der Waals surface area contributed by atoms with E-state index < -0.39 is 17.5 Å². The van der Waals surface area contributed by atoms with Crippen molar-refractivity contribution >= 4 is 46.2 Å². The Balaban J connectivity index is 1.35. The van der Waals surface area contributed by atoms with E-state index in [1.165, 1.54) is 5.56 Å². The monoisotopic (exact) mass is 593 g/mol. The maximum Gasteiger partial charge on any atom is 0.344 e. The fourth-order valence-corrected chi connectivity index (χ4v) is 4.89. The van der Waals surface area contributed by atoms with Gasteiger partial charge in [-0.05, 0) is 30.0 Å². The minimum absolute atomic E-state index is 0.104. The Labute approximate surface area is 219 Å². The predicted molar refractivity (Wildman–Crippen MR) is 141 cm³/mol. The van der Waals surface area contributed by atoms with Crippen LogP contribution in [0.1, 0.15) is 37.9 Å². The lowest BCUT2D eigenvalue weighted by atomic mass is 9.85. The standard InChI is InChI=1S/C24H32IN7O3/c1-16-26-14-19-15-31(23(35)32(16)19)30-11-9-29(10-12-30)21(33)20(24(2,3)4)28-22(34)27-18-7-5-17(13-25)6-8-18/h5-8,14,20H,9-13,15H2,1-4H3,(H2,27,28,34)/t20-/m0/s1. The van der Waals surface area contributed by atoms with Crippen molar-refractivity contribution in [3.8, 4) is 0 Å². The number of amides is 4. The van der Waals surface area contributed by atoms with E-state index in [1.807, 2.05) is 57.0 Å². The number of nitrogens with one attached hydrogen (secondary N) is 2. The average molecular weight is 593 g/mol. The number of carbonyl (C=O) groups is 3. The van der Waals surface area contributed by atoms with Gasteiger partial charge in [0.2, 0.25) is 5.91 Å². The molecule has 1 aromatic heterocycles. The smallest absolute Gasteiger partial charge is 0.338 e. The molecule has 1 atom stereocenters. The zero-order valence-corrected chi connectivity index (χ0v) is 22.7. The van der Waals surface area contributed by atoms with Crippen molar-refractivity contribution in [2.24, 2.45) is 5.41 Å². The van der Waals surface area contributed by atoms with E-state index in [0.29, 0.717) is 44.2 Å². The number of imidazole rings is 1. The SMILES string of the molecule is Cc1ncc2n1C(=O)N(N1CCN(C(=O)[C@H](NC(=O)Nc3ccc(CI)cc3)C(C)(C)C)CC1)C2. The molecule has 0 spiro atoms. The van der Waals surface area contributed by atoms with Crippen molar-refractivity contribution in [2.75, 3.05) is 31.5 Å². The van der Waals surface area contributed by atoms with Gasteiger partial charge < -0.3 is 15.5 Å². The quantitative estimate of drug-likeness (QED) is 0.410. The Hall–Kier alpha value is -2.67. The number of hydrogen-bond acceptors (Lipinski definition) is 5. The first-order chi connectivity index (χ1) is 16.6. The molecule has 3 heterocycles. The van der Waals surface area contributed by atoms with Crippen LogP contribution in [0, 0.1) is 12.3 Å². The first-order valence-electron chi connectivity index (χ1n) is 11.7. The van der Waals surface area contributed by atoms with E-state index in [-0.39, 0.29) is 11.9 Å². The highest BCUT2D eigenvalue weighted by Gasteiger charge is 2.39. The third kappa shape index (κ3) is 5.45. The highest BCUT2D eigenvalue weighted by molar-refractivity contribution is 14.1. The lowest BCUT2D eigenvalue weighted by Crippen LogP contribution is -2.61. The van der Waals surface area contributed by atoms with E-state index in [9.17, 15) is 14.4 Å². The van der Waals surface area contributed by atoms with Gasteiger partial charge in [0.25, 0.3) is 0 Å². The number of hydrazine groups is 1. The molecule has 0 aliphatic carbocycles. The second kappa shape index (κ2) is 10.1. The molecule has 1 saturated heterocycles. The fraction of sp³-hybridized carbons (Fsp3) is 0.500. The number of piperazine rings is 1. The number of carbonyl (C=O) groups excluding carboxylic acids is 3. The molecule has 1 aromatic carbocycles. The molecule has 0 saturated carbocycles. The van der Waals surface area contributed by atoms with Gasteiger partial charge in [-0.25, -0.2) is 24.1 Å². The van der Waals surface area contributed by atoms with Crippen molar-refractivity contribution < 1.29 is 14.4 Å². The lowest BCUT2D eigenvalue weighted by Gasteiger charge is -2.41. The predicted octanol–water partition coefficient (Wildman–Crippen LogP) is 3.21. The van der Waals surface area contributed by atoms with Crippen LogP contribution < -0.4 is 10.6 Å². The largest absolute Gasteiger partial charge is 0.344 e. The van der Waals surface area contributed by atoms with E-state index in [2.05, 4.69) is 38.2 Å². The van der Waals surface area contributed by atoms with Gasteiger partial charge in [0.1, 0.15) is 11.9 Å². The number of nitrogens with zero attached hydrogens (tertiary/aromatic N) is 5. The Kier molecular flexibility index (Phi) is 7.36. The molecule has 35 heavy (non-hydrogen) atoms. The second-order valence-electron chi connectivity index (χ2n) is 9.98. The summed E-state index contributed by atoms with van der Waals surface area (Å²) in [5.74, 6) is 0.561. The number of alkyl halides is 1. The van der Waals surface area contributed by atoms with Gasteiger partial charge in [-0.3, -0.25) is 9.80 Å². The van der Waals surface area contributed by atoms with Crippen LogP contribution in [-0.2, 0) is 15.8 Å². The summed E-state index contributed by atoms with van der Waals surface area (Å²) < 4.78 is 2.53. The van der Waals surface area contributed by atoms with Crippen LogP contribution in [0.5, 0.6) is 0 Å². The molecule has 1 fully saturated rings. The molecule has 0 bridgehead atoms. The maximum atomic E-state index is 13.5. The van der Waals surface area contributed by atoms with Crippen molar-refractivity contribution in [3.05, 3.63) is 47.5 Å². The molecule has 4 amide bonds. The molecular formula is C24H32IN7O3. The number of fused-ring (bicyclic) bond motifs is 1. The fourth-order valence-electron chi connectivity index (χ4n) is 4.39. The van der Waals surface area contributed by atoms with Crippen LogP contribution in [0.3, 0.4) is 0 Å². The van der Waals surface area contributed by atoms with Crippen molar-refractivity contribution in [2.45, 2.75) is 44.7 Å². The van der Waals surface area contributed by atoms with Crippen LogP contribution in [0.4, 0.5) is 15.3 Å². The second-order valence-corrected chi connectivity index (χ2v) is 10.7. The summed E-state index contributed by atoms with van der Waals surface area (Å²) in [4.78, 5) is 45.0. The highest BCUT2D eigenvalue weighted by atomic mass is 127. The number of aryl methyl sites for hydroxylation is 1. The van der Waals surface area contributed by atoms with Crippen molar-refractivity contribution in [1.29, 1.82) is 0 Å². The number of urea groups is 1. The number of halogens is 1. The van der Waals surface area contributed by atoms with Crippen molar-refractivity contribution in [3.63, 3.8) is 0 Å². The Morgan fingerprint density at radius 1 is 1.11 bits per heavy atom. The molecule has 2 aromatic rings. The van der Waals surface area contributed by atoms with Gasteiger partial charge in [-0.2, -0.15) is 0 Å². The van der Waals surface area contributed by atoms with Gasteiger partial charge in [0.15, 0.2) is 0 Å². The summed E-state index contributed by atoms with van der Waals surface area (Å²) in [7, 11) is 0. The normalized spacial score (nSPS) is 17.3. The molecule has 0 unspecified atom stereocenters. The van der Waals surface area contributed by atoms with E-state index in [0.717, 1.165) is 10.1 Å². The van der Waals surface area contributed by atoms with E-state index >= 15 is 0 Å². The van der Waals surface area contributed by atoms with Crippen molar-refractivity contribution in [1.82, 2.24) is 29.8 Å². The zero-order valence-electron chi connectivity index (χ0n) is 20.5. The summed E-state index contributed by atoms with van der Waals surface area (Å²) in [6.45, 7) is 10.2. The van der Waals surface area contributed by atoms with Crippen LogP contribution in [0.2, 0.25) is 0 Å². The highest BCUT2D eigenvalue weighted by Crippen LogP contribution is 2.24. The number of benzene rings is 1. The third-order valence-electron chi connectivity index (χ3n) is 6.40. The zero-order chi connectivity index (χ0) is 25.3. The van der Waals surface area contributed by atoms with Gasteiger partial charge in [0.05, 0.1) is 18.4 Å². The molecule has 2 aliphatic heterocycles. The molecule has 0 radical (unpaired) electrons. The Bertz CT molecular complexity index is 1100. The molecule has 4 rings (SSSR count). The Morgan fingerprint density at radius 3 is 2.34 bits per heavy atom. The van der Waals surface area contributed by atoms with Crippen LogP contribution in [0.15, 0.2) is 30.5 Å². The first-order valence-corrected chi connectivity index (χ1v) is 13.2. The van der Waals surface area contributed by atoms with Gasteiger partial charge in [0, 0.05) is 36.3 Å². The number of aromatic nitrogens is 2. The number of rotatable bonds is 5. The van der Waals surface area contributed by atoms with Gasteiger partial charge in [-0.15, -0.1) is 0 Å². The number of anilines is 1. The minimum atomic E-state index is -0.689. The lowest BCUT2D eigenvalue weighted by molar-refractivity contribution is -0.139. The third-order valence-corrected chi connectivity index (χ3v) is 7.28. The van der Waals surface area contributed by atoms with Crippen LogP contribution in [0.25, 0.3) is 0 Å². The molecule has 188 valence electrons. The summed E-state index contributed by atoms with van der Waals surface area (Å²) in [6, 6.07) is 6.44. The molecule has 2 N–H and O–H groups in total. The maximum absolute atomic E-state index is 13.5. The van der Waals surface area contributed by atoms with Gasteiger partial charge >= 0.3 is 12.1 Å². The van der Waals surface area contributed by atoms with Crippen LogP contribution in [-0.4, -0.2) is 74.7 Å². The molecule has 10 nitrogen and oxygen atoms in total. The van der Waals surface area contributed by atoms with Gasteiger partial charge in [-0.1, -0.05) is 55.5 Å².